The molecule has 1 aliphatic rings. The van der Waals surface area contributed by atoms with Crippen LogP contribution in [0.15, 0.2) is 70.6 Å². The predicted octanol–water partition coefficient (Wildman–Crippen LogP) is 6.17. The van der Waals surface area contributed by atoms with Crippen molar-refractivity contribution in [2.24, 2.45) is 4.99 Å². The standard InChI is InChI=1S/C27H23ClN2O5S/c1-16-19(26(32)33)8-6-10-21(16)29-27-30(2)25(31)24(36-27)14-17-11-12-22(23(13-17)34-3)35-15-18-7-4-5-9-20(18)28/h4-14H,15H2,1-3H3,(H,32,33)/b24-14-,29-27?. The lowest BCUT2D eigenvalue weighted by molar-refractivity contribution is -0.121. The van der Waals surface area contributed by atoms with E-state index in [4.69, 9.17) is 21.1 Å². The Morgan fingerprint density at radius 3 is 2.64 bits per heavy atom. The van der Waals surface area contributed by atoms with Gasteiger partial charge in [-0.1, -0.05) is 41.9 Å². The number of amides is 1. The summed E-state index contributed by atoms with van der Waals surface area (Å²) in [4.78, 5) is 30.8. The van der Waals surface area contributed by atoms with E-state index in [0.29, 0.717) is 37.8 Å². The zero-order valence-electron chi connectivity index (χ0n) is 19.8. The summed E-state index contributed by atoms with van der Waals surface area (Å²) in [7, 11) is 3.19. The van der Waals surface area contributed by atoms with Gasteiger partial charge in [0.05, 0.1) is 23.3 Å². The van der Waals surface area contributed by atoms with Crippen LogP contribution in [-0.4, -0.2) is 41.2 Å². The number of likely N-dealkylation sites (N-methyl/N-ethyl adjacent to an activating group) is 1. The Bertz CT molecular complexity index is 1400. The average molecular weight is 523 g/mol. The molecule has 3 aromatic rings. The van der Waals surface area contributed by atoms with E-state index in [1.807, 2.05) is 30.3 Å². The molecule has 1 heterocycles. The van der Waals surface area contributed by atoms with Crippen molar-refractivity contribution in [1.82, 2.24) is 4.90 Å². The number of carboxylic acids is 1. The van der Waals surface area contributed by atoms with Crippen molar-refractivity contribution in [2.75, 3.05) is 14.2 Å². The first kappa shape index (κ1) is 25.3. The van der Waals surface area contributed by atoms with Crippen LogP contribution >= 0.6 is 23.4 Å². The molecule has 1 aliphatic heterocycles. The molecule has 0 bridgehead atoms. The number of carbonyl (C=O) groups excluding carboxylic acids is 1. The molecule has 0 radical (unpaired) electrons. The SMILES string of the molecule is COc1cc(/C=C2\SC(=Nc3cccc(C(=O)O)c3C)N(C)C2=O)ccc1OCc1ccccc1Cl. The number of halogens is 1. The first-order chi connectivity index (χ1) is 17.3. The van der Waals surface area contributed by atoms with Crippen LogP contribution in [0.4, 0.5) is 5.69 Å². The van der Waals surface area contributed by atoms with Gasteiger partial charge >= 0.3 is 5.97 Å². The van der Waals surface area contributed by atoms with E-state index in [1.54, 1.807) is 51.4 Å². The topological polar surface area (TPSA) is 88.4 Å². The lowest BCUT2D eigenvalue weighted by Crippen LogP contribution is -2.23. The molecule has 0 unspecified atom stereocenters. The maximum absolute atomic E-state index is 12.9. The monoisotopic (exact) mass is 522 g/mol. The lowest BCUT2D eigenvalue weighted by Gasteiger charge is -2.12. The van der Waals surface area contributed by atoms with Gasteiger partial charge in [0, 0.05) is 17.6 Å². The summed E-state index contributed by atoms with van der Waals surface area (Å²) in [5, 5.41) is 10.5. The summed E-state index contributed by atoms with van der Waals surface area (Å²) in [6.07, 6.45) is 1.76. The summed E-state index contributed by atoms with van der Waals surface area (Å²) in [6, 6.07) is 17.7. The van der Waals surface area contributed by atoms with Gasteiger partial charge in [-0.2, -0.15) is 0 Å². The van der Waals surface area contributed by atoms with E-state index in [-0.39, 0.29) is 18.1 Å². The predicted molar refractivity (Wildman–Crippen MR) is 142 cm³/mol. The summed E-state index contributed by atoms with van der Waals surface area (Å²) in [5.74, 6) is -0.149. The zero-order chi connectivity index (χ0) is 25.8. The van der Waals surface area contributed by atoms with Crippen LogP contribution in [0, 0.1) is 6.92 Å². The van der Waals surface area contributed by atoms with Gasteiger partial charge in [0.2, 0.25) is 0 Å². The van der Waals surface area contributed by atoms with Crippen LogP contribution in [0.5, 0.6) is 11.5 Å². The Labute approximate surface area is 218 Å². The van der Waals surface area contributed by atoms with Crippen LogP contribution < -0.4 is 9.47 Å². The Kier molecular flexibility index (Phi) is 7.67. The molecule has 36 heavy (non-hydrogen) atoms. The minimum Gasteiger partial charge on any atom is -0.493 e. The first-order valence-corrected chi connectivity index (χ1v) is 12.1. The quantitative estimate of drug-likeness (QED) is 0.373. The van der Waals surface area contributed by atoms with E-state index in [9.17, 15) is 14.7 Å². The van der Waals surface area contributed by atoms with Crippen LogP contribution in [-0.2, 0) is 11.4 Å². The van der Waals surface area contributed by atoms with Gasteiger partial charge < -0.3 is 14.6 Å². The van der Waals surface area contributed by atoms with Gasteiger partial charge in [-0.05, 0) is 66.2 Å². The Hall–Kier alpha value is -3.75. The molecule has 1 amide bonds. The van der Waals surface area contributed by atoms with Gasteiger partial charge in [0.15, 0.2) is 16.7 Å². The molecule has 1 fully saturated rings. The highest BCUT2D eigenvalue weighted by Crippen LogP contribution is 2.36. The molecule has 0 spiro atoms. The molecule has 9 heteroatoms. The van der Waals surface area contributed by atoms with Crippen LogP contribution in [0.3, 0.4) is 0 Å². The molecule has 7 nitrogen and oxygen atoms in total. The number of benzene rings is 3. The number of hydrogen-bond donors (Lipinski definition) is 1. The lowest BCUT2D eigenvalue weighted by atomic mass is 10.1. The van der Waals surface area contributed by atoms with E-state index in [2.05, 4.69) is 4.99 Å². The van der Waals surface area contributed by atoms with Gasteiger partial charge in [0.1, 0.15) is 6.61 Å². The average Bonchev–Trinajstić information content (AvgIpc) is 3.12. The molecule has 184 valence electrons. The summed E-state index contributed by atoms with van der Waals surface area (Å²) >= 11 is 7.43. The maximum Gasteiger partial charge on any atom is 0.336 e. The Morgan fingerprint density at radius 2 is 1.92 bits per heavy atom. The molecule has 4 rings (SSSR count). The number of amidine groups is 1. The molecule has 1 saturated heterocycles. The molecule has 3 aromatic carbocycles. The fourth-order valence-corrected chi connectivity index (χ4v) is 4.72. The maximum atomic E-state index is 12.9. The second-order valence-electron chi connectivity index (χ2n) is 7.91. The number of aliphatic imine (C=N–C) groups is 1. The second kappa shape index (κ2) is 10.9. The number of ether oxygens (including phenoxy) is 2. The third kappa shape index (κ3) is 5.40. The fraction of sp³-hybridized carbons (Fsp3) is 0.148. The summed E-state index contributed by atoms with van der Waals surface area (Å²) in [6.45, 7) is 1.99. The van der Waals surface area contributed by atoms with Crippen molar-refractivity contribution in [3.63, 3.8) is 0 Å². The van der Waals surface area contributed by atoms with Crippen LogP contribution in [0.1, 0.15) is 27.0 Å². The molecular weight excluding hydrogens is 500 g/mol. The van der Waals surface area contributed by atoms with Crippen molar-refractivity contribution < 1.29 is 24.2 Å². The molecule has 0 atom stereocenters. The van der Waals surface area contributed by atoms with E-state index in [1.165, 1.54) is 22.7 Å². The third-order valence-corrected chi connectivity index (χ3v) is 7.01. The third-order valence-electron chi connectivity index (χ3n) is 5.58. The van der Waals surface area contributed by atoms with Crippen LogP contribution in [0.2, 0.25) is 5.02 Å². The number of carboxylic acid groups (broad SMARTS) is 1. The number of thioether (sulfide) groups is 1. The Balaban J connectivity index is 1.56. The highest BCUT2D eigenvalue weighted by atomic mass is 35.5. The smallest absolute Gasteiger partial charge is 0.336 e. The van der Waals surface area contributed by atoms with Crippen molar-refractivity contribution in [1.29, 1.82) is 0 Å². The summed E-state index contributed by atoms with van der Waals surface area (Å²) in [5.41, 5.74) is 2.83. The van der Waals surface area contributed by atoms with Crippen molar-refractivity contribution in [3.05, 3.63) is 92.8 Å². The van der Waals surface area contributed by atoms with Crippen molar-refractivity contribution in [2.45, 2.75) is 13.5 Å². The van der Waals surface area contributed by atoms with E-state index >= 15 is 0 Å². The number of methoxy groups -OCH3 is 1. The Morgan fingerprint density at radius 1 is 1.14 bits per heavy atom. The number of carbonyl (C=O) groups is 2. The highest BCUT2D eigenvalue weighted by molar-refractivity contribution is 8.18. The van der Waals surface area contributed by atoms with E-state index < -0.39 is 5.97 Å². The molecule has 1 N–H and O–H groups in total. The molecule has 0 saturated carbocycles. The van der Waals surface area contributed by atoms with Crippen molar-refractivity contribution >= 4 is 52.2 Å². The fourth-order valence-electron chi connectivity index (χ4n) is 3.55. The molecule has 0 aromatic heterocycles. The minimum atomic E-state index is -1.02. The second-order valence-corrected chi connectivity index (χ2v) is 9.33. The van der Waals surface area contributed by atoms with Crippen LogP contribution in [0.25, 0.3) is 6.08 Å². The van der Waals surface area contributed by atoms with Gasteiger partial charge in [-0.25, -0.2) is 9.79 Å². The number of rotatable bonds is 7. The number of hydrogen-bond acceptors (Lipinski definition) is 6. The minimum absolute atomic E-state index is 0.175. The molecule has 0 aliphatic carbocycles. The van der Waals surface area contributed by atoms with Gasteiger partial charge in [-0.15, -0.1) is 0 Å². The van der Waals surface area contributed by atoms with Gasteiger partial charge in [0.25, 0.3) is 5.91 Å². The van der Waals surface area contributed by atoms with E-state index in [0.717, 1.165) is 11.1 Å². The summed E-state index contributed by atoms with van der Waals surface area (Å²) < 4.78 is 11.4. The number of nitrogens with zero attached hydrogens (tertiary/aromatic N) is 2. The zero-order valence-corrected chi connectivity index (χ0v) is 21.4. The highest BCUT2D eigenvalue weighted by Gasteiger charge is 2.30. The first-order valence-electron chi connectivity index (χ1n) is 10.9. The van der Waals surface area contributed by atoms with Crippen molar-refractivity contribution in [3.8, 4) is 11.5 Å². The normalized spacial score (nSPS) is 15.6. The largest absolute Gasteiger partial charge is 0.493 e. The van der Waals surface area contributed by atoms with Gasteiger partial charge in [-0.3, -0.25) is 9.69 Å². The number of aromatic carboxylic acids is 1. The molecular formula is C27H23ClN2O5S.